The second-order valence-corrected chi connectivity index (χ2v) is 4.60. The van der Waals surface area contributed by atoms with Crippen LogP contribution in [-0.2, 0) is 4.79 Å². The Kier molecular flexibility index (Phi) is 3.13. The summed E-state index contributed by atoms with van der Waals surface area (Å²) in [5.74, 6) is 0.123. The van der Waals surface area contributed by atoms with Crippen molar-refractivity contribution in [2.75, 3.05) is 18.0 Å². The van der Waals surface area contributed by atoms with Crippen molar-refractivity contribution in [3.05, 3.63) is 29.8 Å². The number of hydrogen-bond donors (Lipinski definition) is 1. The molecule has 1 aromatic carbocycles. The number of benzene rings is 1. The lowest BCUT2D eigenvalue weighted by molar-refractivity contribution is -0.117. The number of nitrogens with zero attached hydrogens (tertiary/aromatic N) is 1. The zero-order valence-electron chi connectivity index (χ0n) is 10.1. The quantitative estimate of drug-likeness (QED) is 0.838. The zero-order valence-corrected chi connectivity index (χ0v) is 10.1. The van der Waals surface area contributed by atoms with Crippen molar-refractivity contribution in [1.82, 2.24) is 5.32 Å². The molecule has 1 N–H and O–H groups in total. The molecule has 1 aliphatic rings. The van der Waals surface area contributed by atoms with Crippen LogP contribution in [0.15, 0.2) is 24.3 Å². The van der Waals surface area contributed by atoms with Crippen LogP contribution < -0.4 is 10.2 Å². The highest BCUT2D eigenvalue weighted by atomic mass is 16.2. The van der Waals surface area contributed by atoms with Crippen LogP contribution in [0, 0.1) is 5.92 Å². The van der Waals surface area contributed by atoms with E-state index >= 15 is 0 Å². The fraction of sp³-hybridized carbons (Fsp3) is 0.385. The predicted molar refractivity (Wildman–Crippen MR) is 66.0 cm³/mol. The monoisotopic (exact) mass is 232 g/mol. The standard InChI is InChI=1S/C13H16N2O2/c1-9(2)8-15-11-6-4-3-5-10(11)13(17)14-7-12(15)16/h3-6,9H,7-8H2,1-2H3,(H,14,17). The molecule has 2 rings (SSSR count). The van der Waals surface area contributed by atoms with Crippen molar-refractivity contribution in [2.45, 2.75) is 13.8 Å². The number of rotatable bonds is 2. The van der Waals surface area contributed by atoms with Gasteiger partial charge in [0, 0.05) is 6.54 Å². The zero-order chi connectivity index (χ0) is 12.4. The molecule has 4 nitrogen and oxygen atoms in total. The molecular weight excluding hydrogens is 216 g/mol. The van der Waals surface area contributed by atoms with Gasteiger partial charge in [-0.3, -0.25) is 9.59 Å². The molecule has 2 amide bonds. The molecule has 90 valence electrons. The first-order valence-electron chi connectivity index (χ1n) is 5.77. The number of carbonyl (C=O) groups excluding carboxylic acids is 2. The highest BCUT2D eigenvalue weighted by Gasteiger charge is 2.26. The molecule has 0 bridgehead atoms. The van der Waals surface area contributed by atoms with Crippen molar-refractivity contribution < 1.29 is 9.59 Å². The summed E-state index contributed by atoms with van der Waals surface area (Å²) >= 11 is 0. The minimum absolute atomic E-state index is 0.0583. The van der Waals surface area contributed by atoms with Gasteiger partial charge in [-0.25, -0.2) is 0 Å². The third kappa shape index (κ3) is 2.30. The average molecular weight is 232 g/mol. The summed E-state index contributed by atoms with van der Waals surface area (Å²) in [4.78, 5) is 25.5. The fourth-order valence-corrected chi connectivity index (χ4v) is 1.95. The van der Waals surface area contributed by atoms with Gasteiger partial charge in [0.05, 0.1) is 17.8 Å². The number of anilines is 1. The van der Waals surface area contributed by atoms with Gasteiger partial charge in [-0.05, 0) is 18.1 Å². The summed E-state index contributed by atoms with van der Waals surface area (Å²) in [6.45, 7) is 4.80. The Morgan fingerprint density at radius 2 is 2.00 bits per heavy atom. The third-order valence-corrected chi connectivity index (χ3v) is 2.69. The van der Waals surface area contributed by atoms with E-state index in [1.54, 1.807) is 11.0 Å². The summed E-state index contributed by atoms with van der Waals surface area (Å²) < 4.78 is 0. The molecule has 0 unspecified atom stereocenters. The van der Waals surface area contributed by atoms with Gasteiger partial charge in [0.2, 0.25) is 5.91 Å². The number of para-hydroxylation sites is 1. The molecule has 0 fully saturated rings. The lowest BCUT2D eigenvalue weighted by Gasteiger charge is -2.23. The van der Waals surface area contributed by atoms with E-state index in [0.717, 1.165) is 0 Å². The molecule has 0 aromatic heterocycles. The Morgan fingerprint density at radius 3 is 2.71 bits per heavy atom. The Labute approximate surface area is 101 Å². The Hall–Kier alpha value is -1.84. The molecule has 4 heteroatoms. The summed E-state index contributed by atoms with van der Waals surface area (Å²) in [5.41, 5.74) is 1.28. The topological polar surface area (TPSA) is 49.4 Å². The highest BCUT2D eigenvalue weighted by Crippen LogP contribution is 2.23. The SMILES string of the molecule is CC(C)CN1C(=O)CNC(=O)c2ccccc21. The van der Waals surface area contributed by atoms with Crippen molar-refractivity contribution in [3.63, 3.8) is 0 Å². The van der Waals surface area contributed by atoms with E-state index < -0.39 is 0 Å². The smallest absolute Gasteiger partial charge is 0.253 e. The second-order valence-electron chi connectivity index (χ2n) is 4.60. The lowest BCUT2D eigenvalue weighted by atomic mass is 10.1. The highest BCUT2D eigenvalue weighted by molar-refractivity contribution is 6.09. The van der Waals surface area contributed by atoms with Crippen LogP contribution in [0.2, 0.25) is 0 Å². The van der Waals surface area contributed by atoms with E-state index in [-0.39, 0.29) is 18.4 Å². The lowest BCUT2D eigenvalue weighted by Crippen LogP contribution is -2.38. The van der Waals surface area contributed by atoms with Crippen LogP contribution in [0.4, 0.5) is 5.69 Å². The van der Waals surface area contributed by atoms with Crippen molar-refractivity contribution in [2.24, 2.45) is 5.92 Å². The normalized spacial score (nSPS) is 15.6. The largest absolute Gasteiger partial charge is 0.343 e. The number of hydrogen-bond acceptors (Lipinski definition) is 2. The van der Waals surface area contributed by atoms with E-state index in [2.05, 4.69) is 19.2 Å². The van der Waals surface area contributed by atoms with Crippen LogP contribution in [-0.4, -0.2) is 24.9 Å². The number of nitrogens with one attached hydrogen (secondary N) is 1. The minimum atomic E-state index is -0.180. The Bertz CT molecular complexity index is 454. The molecule has 0 aliphatic carbocycles. The van der Waals surface area contributed by atoms with Gasteiger partial charge in [-0.2, -0.15) is 0 Å². The van der Waals surface area contributed by atoms with E-state index in [1.807, 2.05) is 18.2 Å². The van der Waals surface area contributed by atoms with Gasteiger partial charge < -0.3 is 10.2 Å². The van der Waals surface area contributed by atoms with Crippen molar-refractivity contribution >= 4 is 17.5 Å². The van der Waals surface area contributed by atoms with Crippen LogP contribution in [0.5, 0.6) is 0 Å². The van der Waals surface area contributed by atoms with Gasteiger partial charge in [0.1, 0.15) is 0 Å². The molecule has 0 saturated carbocycles. The average Bonchev–Trinajstić information content (AvgIpc) is 2.42. The van der Waals surface area contributed by atoms with E-state index in [0.29, 0.717) is 23.7 Å². The van der Waals surface area contributed by atoms with Crippen LogP contribution in [0.3, 0.4) is 0 Å². The van der Waals surface area contributed by atoms with Gasteiger partial charge in [0.25, 0.3) is 5.91 Å². The minimum Gasteiger partial charge on any atom is -0.343 e. The maximum absolute atomic E-state index is 12.0. The number of fused-ring (bicyclic) bond motifs is 1. The van der Waals surface area contributed by atoms with Crippen molar-refractivity contribution in [1.29, 1.82) is 0 Å². The predicted octanol–water partition coefficient (Wildman–Crippen LogP) is 1.42. The molecule has 17 heavy (non-hydrogen) atoms. The molecule has 1 heterocycles. The molecule has 1 aliphatic heterocycles. The van der Waals surface area contributed by atoms with Gasteiger partial charge >= 0.3 is 0 Å². The van der Waals surface area contributed by atoms with E-state index in [9.17, 15) is 9.59 Å². The van der Waals surface area contributed by atoms with Crippen LogP contribution in [0.1, 0.15) is 24.2 Å². The summed E-state index contributed by atoms with van der Waals surface area (Å²) in [7, 11) is 0. The molecule has 0 atom stereocenters. The van der Waals surface area contributed by atoms with Crippen molar-refractivity contribution in [3.8, 4) is 0 Å². The van der Waals surface area contributed by atoms with Crippen LogP contribution >= 0.6 is 0 Å². The number of carbonyl (C=O) groups is 2. The first-order valence-corrected chi connectivity index (χ1v) is 5.77. The molecule has 1 aromatic rings. The molecular formula is C13H16N2O2. The summed E-state index contributed by atoms with van der Waals surface area (Å²) in [6, 6.07) is 7.22. The fourth-order valence-electron chi connectivity index (χ4n) is 1.95. The van der Waals surface area contributed by atoms with E-state index in [1.165, 1.54) is 0 Å². The summed E-state index contributed by atoms with van der Waals surface area (Å²) in [5, 5.41) is 2.62. The second kappa shape index (κ2) is 4.57. The molecule has 0 spiro atoms. The first kappa shape index (κ1) is 11.6. The maximum atomic E-state index is 12.0. The third-order valence-electron chi connectivity index (χ3n) is 2.69. The van der Waals surface area contributed by atoms with E-state index in [4.69, 9.17) is 0 Å². The number of amides is 2. The Balaban J connectivity index is 2.45. The van der Waals surface area contributed by atoms with Gasteiger partial charge in [0.15, 0.2) is 0 Å². The van der Waals surface area contributed by atoms with Gasteiger partial charge in [-0.1, -0.05) is 26.0 Å². The molecule has 0 radical (unpaired) electrons. The molecule has 0 saturated heterocycles. The van der Waals surface area contributed by atoms with Gasteiger partial charge in [-0.15, -0.1) is 0 Å². The van der Waals surface area contributed by atoms with Crippen LogP contribution in [0.25, 0.3) is 0 Å². The maximum Gasteiger partial charge on any atom is 0.253 e. The summed E-state index contributed by atoms with van der Waals surface area (Å²) in [6.07, 6.45) is 0. The Morgan fingerprint density at radius 1 is 1.29 bits per heavy atom. The first-order chi connectivity index (χ1) is 8.09.